The Morgan fingerprint density at radius 2 is 1.78 bits per heavy atom. The van der Waals surface area contributed by atoms with E-state index in [2.05, 4.69) is 55.1 Å². The smallest absolute Gasteiger partial charge is 0.251 e. The van der Waals surface area contributed by atoms with Crippen molar-refractivity contribution in [2.24, 2.45) is 0 Å². The van der Waals surface area contributed by atoms with Crippen LogP contribution in [-0.2, 0) is 5.41 Å². The van der Waals surface area contributed by atoms with Gasteiger partial charge in [-0.3, -0.25) is 9.69 Å². The predicted molar refractivity (Wildman–Crippen MR) is 98.1 cm³/mol. The topological polar surface area (TPSA) is 35.6 Å². The van der Waals surface area contributed by atoms with Crippen LogP contribution in [0.15, 0.2) is 24.3 Å². The number of carbonyl (C=O) groups excluding carboxylic acids is 1. The molecular formula is C19H33N3O. The molecule has 0 spiro atoms. The Morgan fingerprint density at radius 3 is 2.35 bits per heavy atom. The molecule has 2 rings (SSSR count). The lowest BCUT2D eigenvalue weighted by molar-refractivity contribution is 0.0941. The zero-order valence-corrected chi connectivity index (χ0v) is 15.1. The number of carbonyl (C=O) groups is 1. The average Bonchev–Trinajstić information content (AvgIpc) is 2.56. The van der Waals surface area contributed by atoms with Gasteiger partial charge in [0.2, 0.25) is 0 Å². The van der Waals surface area contributed by atoms with Crippen LogP contribution in [0, 0.1) is 0 Å². The molecule has 0 bridgehead atoms. The van der Waals surface area contributed by atoms with E-state index in [9.17, 15) is 4.79 Å². The van der Waals surface area contributed by atoms with Gasteiger partial charge >= 0.3 is 0 Å². The van der Waals surface area contributed by atoms with E-state index in [-0.39, 0.29) is 12.7 Å². The summed E-state index contributed by atoms with van der Waals surface area (Å²) in [4.78, 5) is 17.0. The quantitative estimate of drug-likeness (QED) is 0.875. The lowest BCUT2D eigenvalue weighted by Gasteiger charge is -2.32. The van der Waals surface area contributed by atoms with E-state index in [1.807, 2.05) is 12.1 Å². The van der Waals surface area contributed by atoms with Crippen LogP contribution >= 0.6 is 0 Å². The summed E-state index contributed by atoms with van der Waals surface area (Å²) in [6.07, 6.45) is 1.09. The van der Waals surface area contributed by atoms with Gasteiger partial charge in [-0.25, -0.2) is 0 Å². The van der Waals surface area contributed by atoms with Crippen LogP contribution < -0.4 is 5.32 Å². The molecule has 23 heavy (non-hydrogen) atoms. The van der Waals surface area contributed by atoms with E-state index < -0.39 is 0 Å². The molecule has 0 unspecified atom stereocenters. The van der Waals surface area contributed by atoms with Crippen LogP contribution in [-0.4, -0.2) is 62.0 Å². The maximum Gasteiger partial charge on any atom is 0.251 e. The molecule has 1 heterocycles. The third-order valence-corrected chi connectivity index (χ3v) is 5.12. The van der Waals surface area contributed by atoms with Gasteiger partial charge in [-0.15, -0.1) is 0 Å². The van der Waals surface area contributed by atoms with Crippen LogP contribution in [0.3, 0.4) is 0 Å². The van der Waals surface area contributed by atoms with E-state index in [4.69, 9.17) is 0 Å². The van der Waals surface area contributed by atoms with Crippen molar-refractivity contribution in [3.05, 3.63) is 35.4 Å². The first kappa shape index (κ1) is 18.0. The van der Waals surface area contributed by atoms with Crippen LogP contribution in [0.1, 0.15) is 44.5 Å². The second kappa shape index (κ2) is 7.93. The fourth-order valence-corrected chi connectivity index (χ4v) is 2.78. The number of likely N-dealkylation sites (N-methyl/N-ethyl adjacent to an activating group) is 1. The normalized spacial score (nSPS) is 17.2. The lowest BCUT2D eigenvalue weighted by Crippen LogP contribution is -2.46. The molecular weight excluding hydrogens is 286 g/mol. The molecule has 1 N–H and O–H groups in total. The van der Waals surface area contributed by atoms with Crippen molar-refractivity contribution in [1.29, 1.82) is 0 Å². The summed E-state index contributed by atoms with van der Waals surface area (Å²) < 4.78 is 0. The van der Waals surface area contributed by atoms with Crippen molar-refractivity contribution in [2.45, 2.75) is 32.6 Å². The molecule has 0 atom stereocenters. The fourth-order valence-electron chi connectivity index (χ4n) is 2.78. The fraction of sp³-hybridized carbons (Fsp3) is 0.632. The molecule has 1 aromatic carbocycles. The van der Waals surface area contributed by atoms with Crippen molar-refractivity contribution in [3.8, 4) is 0 Å². The maximum absolute atomic E-state index is 12.2. The van der Waals surface area contributed by atoms with Gasteiger partial charge in [-0.1, -0.05) is 32.9 Å². The largest absolute Gasteiger partial charge is 0.351 e. The molecule has 0 radical (unpaired) electrons. The van der Waals surface area contributed by atoms with E-state index in [1.165, 1.54) is 5.56 Å². The Kier molecular flexibility index (Phi) is 6.19. The van der Waals surface area contributed by atoms with E-state index in [0.717, 1.165) is 44.7 Å². The van der Waals surface area contributed by atoms with Gasteiger partial charge in [-0.05, 0) is 36.6 Å². The number of nitrogens with one attached hydrogen (secondary N) is 1. The van der Waals surface area contributed by atoms with E-state index >= 15 is 0 Å². The van der Waals surface area contributed by atoms with E-state index in [1.54, 1.807) is 0 Å². The summed E-state index contributed by atoms with van der Waals surface area (Å²) >= 11 is 0. The van der Waals surface area contributed by atoms with Crippen LogP contribution in [0.2, 0.25) is 0 Å². The highest BCUT2D eigenvalue weighted by atomic mass is 16.1. The lowest BCUT2D eigenvalue weighted by atomic mass is 9.82. The van der Waals surface area contributed by atoms with Gasteiger partial charge < -0.3 is 10.2 Å². The first-order valence-electron chi connectivity index (χ1n) is 8.72. The molecule has 0 aliphatic carbocycles. The van der Waals surface area contributed by atoms with Crippen LogP contribution in [0.5, 0.6) is 0 Å². The minimum atomic E-state index is 0. The summed E-state index contributed by atoms with van der Waals surface area (Å²) in [6.45, 7) is 12.7. The van der Waals surface area contributed by atoms with Crippen molar-refractivity contribution < 1.29 is 6.22 Å². The van der Waals surface area contributed by atoms with Gasteiger partial charge in [0.1, 0.15) is 0 Å². The highest BCUT2D eigenvalue weighted by Gasteiger charge is 2.18. The Bertz CT molecular complexity index is 508. The monoisotopic (exact) mass is 319 g/mol. The number of amides is 1. The SMILES string of the molecule is CCC(C)(C)c1ccc(C(=O)NCCN2CCN(C)CC2)cc1.[HH]. The van der Waals surface area contributed by atoms with Crippen molar-refractivity contribution in [2.75, 3.05) is 46.3 Å². The minimum Gasteiger partial charge on any atom is -0.351 e. The number of piperazine rings is 1. The Labute approximate surface area is 142 Å². The number of hydrogen-bond acceptors (Lipinski definition) is 3. The third kappa shape index (κ3) is 5.05. The Morgan fingerprint density at radius 1 is 1.17 bits per heavy atom. The van der Waals surface area contributed by atoms with Crippen molar-refractivity contribution in [1.82, 2.24) is 15.1 Å². The first-order valence-corrected chi connectivity index (χ1v) is 8.72. The van der Waals surface area contributed by atoms with E-state index in [0.29, 0.717) is 6.54 Å². The minimum absolute atomic E-state index is 0. The van der Waals surface area contributed by atoms with Crippen LogP contribution in [0.25, 0.3) is 0 Å². The Balaban J connectivity index is 0.00000288. The number of hydrogen-bond donors (Lipinski definition) is 1. The number of benzene rings is 1. The average molecular weight is 319 g/mol. The zero-order chi connectivity index (χ0) is 16.9. The number of rotatable bonds is 6. The molecule has 0 aromatic heterocycles. The molecule has 1 amide bonds. The molecule has 1 aromatic rings. The first-order chi connectivity index (χ1) is 10.9. The molecule has 4 nitrogen and oxygen atoms in total. The van der Waals surface area contributed by atoms with Crippen molar-refractivity contribution >= 4 is 5.91 Å². The molecule has 1 saturated heterocycles. The highest BCUT2D eigenvalue weighted by molar-refractivity contribution is 5.94. The van der Waals surface area contributed by atoms with Gasteiger partial charge in [-0.2, -0.15) is 0 Å². The van der Waals surface area contributed by atoms with Gasteiger partial charge in [0.15, 0.2) is 0 Å². The third-order valence-electron chi connectivity index (χ3n) is 5.12. The molecule has 1 aliphatic rings. The molecule has 1 fully saturated rings. The number of nitrogens with zero attached hydrogens (tertiary/aromatic N) is 2. The second-order valence-electron chi connectivity index (χ2n) is 7.22. The maximum atomic E-state index is 12.2. The standard InChI is InChI=1S/C19H31N3O.H2/c1-5-19(2,3)17-8-6-16(7-9-17)18(23)20-10-11-22-14-12-21(4)13-15-22;/h6-9H,5,10-15H2,1-4H3,(H,20,23);1H. The predicted octanol–water partition coefficient (Wildman–Crippen LogP) is 2.60. The molecule has 4 heteroatoms. The van der Waals surface area contributed by atoms with Crippen LogP contribution in [0.4, 0.5) is 0 Å². The molecule has 130 valence electrons. The summed E-state index contributed by atoms with van der Waals surface area (Å²) in [6, 6.07) is 8.05. The summed E-state index contributed by atoms with van der Waals surface area (Å²) in [5, 5.41) is 3.04. The highest BCUT2D eigenvalue weighted by Crippen LogP contribution is 2.26. The summed E-state index contributed by atoms with van der Waals surface area (Å²) in [7, 11) is 2.16. The molecule has 0 saturated carbocycles. The van der Waals surface area contributed by atoms with Gasteiger partial charge in [0.25, 0.3) is 5.91 Å². The Hall–Kier alpha value is -1.39. The van der Waals surface area contributed by atoms with Gasteiger partial charge in [0.05, 0.1) is 0 Å². The van der Waals surface area contributed by atoms with Crippen molar-refractivity contribution in [3.63, 3.8) is 0 Å². The van der Waals surface area contributed by atoms with Gasteiger partial charge in [0, 0.05) is 46.3 Å². The molecule has 1 aliphatic heterocycles. The summed E-state index contributed by atoms with van der Waals surface area (Å²) in [5.41, 5.74) is 2.20. The summed E-state index contributed by atoms with van der Waals surface area (Å²) in [5.74, 6) is 0.0278. The second-order valence-corrected chi connectivity index (χ2v) is 7.22. The zero-order valence-electron chi connectivity index (χ0n) is 15.1.